The Bertz CT molecular complexity index is 1270. The summed E-state index contributed by atoms with van der Waals surface area (Å²) in [7, 11) is 0. The van der Waals surface area contributed by atoms with Crippen LogP contribution in [0.4, 0.5) is 11.5 Å². The minimum atomic E-state index is -0.486. The fourth-order valence-electron chi connectivity index (χ4n) is 5.00. The SMILES string of the molecule is O=C(c1ccccc1)C1CCN(CCN(C(=O)c2ccc([N+](=O)[O-])cc2)c2n[nH]c3c2COCC3)CC1. The van der Waals surface area contributed by atoms with Crippen molar-refractivity contribution in [3.05, 3.63) is 87.1 Å². The lowest BCUT2D eigenvalue weighted by Gasteiger charge is -2.33. The summed E-state index contributed by atoms with van der Waals surface area (Å²) in [5.74, 6) is 0.460. The predicted octanol–water partition coefficient (Wildman–Crippen LogP) is 3.63. The van der Waals surface area contributed by atoms with Gasteiger partial charge in [-0.25, -0.2) is 0 Å². The van der Waals surface area contributed by atoms with E-state index in [4.69, 9.17) is 4.74 Å². The van der Waals surface area contributed by atoms with Gasteiger partial charge in [-0.2, -0.15) is 5.10 Å². The molecular formula is C27H29N5O5. The maximum absolute atomic E-state index is 13.6. The van der Waals surface area contributed by atoms with Crippen molar-refractivity contribution in [2.75, 3.05) is 37.7 Å². The predicted molar refractivity (Wildman–Crippen MR) is 137 cm³/mol. The Morgan fingerprint density at radius 3 is 2.51 bits per heavy atom. The number of rotatable bonds is 8. The summed E-state index contributed by atoms with van der Waals surface area (Å²) in [5.41, 5.74) is 2.87. The molecule has 10 heteroatoms. The second kappa shape index (κ2) is 11.0. The molecule has 2 aromatic carbocycles. The van der Waals surface area contributed by atoms with E-state index in [0.29, 0.717) is 44.1 Å². The van der Waals surface area contributed by atoms with Gasteiger partial charge in [-0.15, -0.1) is 0 Å². The lowest BCUT2D eigenvalue weighted by molar-refractivity contribution is -0.384. The van der Waals surface area contributed by atoms with Gasteiger partial charge >= 0.3 is 0 Å². The summed E-state index contributed by atoms with van der Waals surface area (Å²) in [4.78, 5) is 40.9. The number of likely N-dealkylation sites (tertiary alicyclic amines) is 1. The summed E-state index contributed by atoms with van der Waals surface area (Å²) in [6.07, 6.45) is 2.25. The first-order chi connectivity index (χ1) is 18.0. The second-order valence-corrected chi connectivity index (χ2v) is 9.41. The van der Waals surface area contributed by atoms with E-state index in [1.807, 2.05) is 30.3 Å². The Morgan fingerprint density at radius 1 is 1.08 bits per heavy atom. The first kappa shape index (κ1) is 24.8. The Morgan fingerprint density at radius 2 is 1.81 bits per heavy atom. The van der Waals surface area contributed by atoms with Gasteiger partial charge in [0.05, 0.1) is 18.1 Å². The maximum atomic E-state index is 13.6. The number of nitro benzene ring substituents is 1. The second-order valence-electron chi connectivity index (χ2n) is 9.41. The standard InChI is InChI=1S/C27H29N5O5/c33-25(19-4-2-1-3-5-19)20-10-13-30(14-11-20)15-16-31(26-23-18-37-17-12-24(23)28-29-26)27(34)21-6-8-22(9-7-21)32(35)36/h1-9,20H,10-18H2,(H,28,29). The summed E-state index contributed by atoms with van der Waals surface area (Å²) < 4.78 is 5.62. The molecule has 0 saturated carbocycles. The number of ketones is 1. The molecule has 1 fully saturated rings. The number of non-ortho nitro benzene ring substituents is 1. The number of H-pyrrole nitrogens is 1. The quantitative estimate of drug-likeness (QED) is 0.283. The molecule has 1 aromatic heterocycles. The molecule has 0 aliphatic carbocycles. The van der Waals surface area contributed by atoms with Crippen LogP contribution in [0.2, 0.25) is 0 Å². The number of anilines is 1. The Labute approximate surface area is 214 Å². The molecule has 1 saturated heterocycles. The highest BCUT2D eigenvalue weighted by atomic mass is 16.6. The topological polar surface area (TPSA) is 122 Å². The van der Waals surface area contributed by atoms with E-state index in [2.05, 4.69) is 15.1 Å². The fourth-order valence-corrected chi connectivity index (χ4v) is 5.00. The van der Waals surface area contributed by atoms with Gasteiger partial charge in [0.1, 0.15) is 0 Å². The molecule has 3 heterocycles. The number of carbonyl (C=O) groups excluding carboxylic acids is 2. The number of hydrogen-bond donors (Lipinski definition) is 1. The van der Waals surface area contributed by atoms with Crippen molar-refractivity contribution in [1.29, 1.82) is 0 Å². The molecule has 37 heavy (non-hydrogen) atoms. The molecule has 0 spiro atoms. The van der Waals surface area contributed by atoms with Gasteiger partial charge in [0.25, 0.3) is 11.6 Å². The van der Waals surface area contributed by atoms with Gasteiger partial charge in [0.15, 0.2) is 11.6 Å². The van der Waals surface area contributed by atoms with Crippen molar-refractivity contribution in [3.63, 3.8) is 0 Å². The average Bonchev–Trinajstić information content (AvgIpc) is 3.37. The number of nitro groups is 1. The molecule has 3 aromatic rings. The van der Waals surface area contributed by atoms with Crippen LogP contribution in [0.3, 0.4) is 0 Å². The van der Waals surface area contributed by atoms with Crippen LogP contribution in [0, 0.1) is 16.0 Å². The van der Waals surface area contributed by atoms with Crippen molar-refractivity contribution >= 4 is 23.2 Å². The van der Waals surface area contributed by atoms with E-state index in [1.54, 1.807) is 4.90 Å². The van der Waals surface area contributed by atoms with Crippen molar-refractivity contribution in [2.24, 2.45) is 5.92 Å². The van der Waals surface area contributed by atoms with E-state index in [9.17, 15) is 19.7 Å². The summed E-state index contributed by atoms with van der Waals surface area (Å²) in [6.45, 7) is 3.52. The number of aromatic nitrogens is 2. The number of ether oxygens (including phenoxy) is 1. The van der Waals surface area contributed by atoms with Crippen molar-refractivity contribution in [3.8, 4) is 0 Å². The molecule has 0 atom stereocenters. The van der Waals surface area contributed by atoms with Gasteiger partial charge in [0, 0.05) is 59.9 Å². The minimum absolute atomic E-state index is 0.00648. The van der Waals surface area contributed by atoms with E-state index >= 15 is 0 Å². The average molecular weight is 504 g/mol. The normalized spacial score (nSPS) is 16.2. The van der Waals surface area contributed by atoms with E-state index in [0.717, 1.165) is 42.8 Å². The van der Waals surface area contributed by atoms with Gasteiger partial charge in [-0.1, -0.05) is 30.3 Å². The van der Waals surface area contributed by atoms with Crippen LogP contribution in [0.25, 0.3) is 0 Å². The molecule has 10 nitrogen and oxygen atoms in total. The number of hydrogen-bond acceptors (Lipinski definition) is 7. The Balaban J connectivity index is 1.28. The highest BCUT2D eigenvalue weighted by Crippen LogP contribution is 2.28. The molecular weight excluding hydrogens is 474 g/mol. The van der Waals surface area contributed by atoms with Crippen molar-refractivity contribution in [2.45, 2.75) is 25.9 Å². The first-order valence-electron chi connectivity index (χ1n) is 12.5. The third-order valence-corrected chi connectivity index (χ3v) is 7.16. The number of fused-ring (bicyclic) bond motifs is 1. The molecule has 192 valence electrons. The van der Waals surface area contributed by atoms with Gasteiger partial charge in [-0.3, -0.25) is 29.7 Å². The molecule has 0 bridgehead atoms. The fraction of sp³-hybridized carbons (Fsp3) is 0.370. The van der Waals surface area contributed by atoms with Crippen LogP contribution in [0.5, 0.6) is 0 Å². The number of carbonyl (C=O) groups is 2. The lowest BCUT2D eigenvalue weighted by atomic mass is 9.89. The largest absolute Gasteiger partial charge is 0.376 e. The summed E-state index contributed by atoms with van der Waals surface area (Å²) in [5, 5.41) is 18.5. The smallest absolute Gasteiger partial charge is 0.269 e. The highest BCUT2D eigenvalue weighted by molar-refractivity contribution is 6.06. The number of Topliss-reactive ketones (excluding diaryl/α,β-unsaturated/α-hetero) is 1. The van der Waals surface area contributed by atoms with Crippen molar-refractivity contribution < 1.29 is 19.2 Å². The third-order valence-electron chi connectivity index (χ3n) is 7.16. The van der Waals surface area contributed by atoms with Crippen LogP contribution in [-0.4, -0.2) is 64.5 Å². The first-order valence-corrected chi connectivity index (χ1v) is 12.5. The van der Waals surface area contributed by atoms with Crippen LogP contribution < -0.4 is 4.90 Å². The van der Waals surface area contributed by atoms with Crippen molar-refractivity contribution in [1.82, 2.24) is 15.1 Å². The summed E-state index contributed by atoms with van der Waals surface area (Å²) >= 11 is 0. The number of amides is 1. The molecule has 0 unspecified atom stereocenters. The van der Waals surface area contributed by atoms with E-state index in [1.165, 1.54) is 24.3 Å². The number of piperidine rings is 1. The Kier molecular flexibility index (Phi) is 7.38. The molecule has 1 amide bonds. The molecule has 1 N–H and O–H groups in total. The zero-order chi connectivity index (χ0) is 25.8. The highest BCUT2D eigenvalue weighted by Gasteiger charge is 2.29. The third kappa shape index (κ3) is 5.45. The number of nitrogens with zero attached hydrogens (tertiary/aromatic N) is 4. The minimum Gasteiger partial charge on any atom is -0.376 e. The van der Waals surface area contributed by atoms with Crippen LogP contribution in [-0.2, 0) is 17.8 Å². The maximum Gasteiger partial charge on any atom is 0.269 e. The van der Waals surface area contributed by atoms with Gasteiger partial charge < -0.3 is 9.64 Å². The monoisotopic (exact) mass is 503 g/mol. The van der Waals surface area contributed by atoms with Gasteiger partial charge in [-0.05, 0) is 38.1 Å². The number of benzene rings is 2. The van der Waals surface area contributed by atoms with Crippen LogP contribution in [0.1, 0.15) is 44.8 Å². The van der Waals surface area contributed by atoms with E-state index < -0.39 is 4.92 Å². The van der Waals surface area contributed by atoms with Gasteiger partial charge in [0.2, 0.25) is 0 Å². The molecule has 0 radical (unpaired) electrons. The summed E-state index contributed by atoms with van der Waals surface area (Å²) in [6, 6.07) is 15.0. The molecule has 5 rings (SSSR count). The number of aromatic amines is 1. The molecule has 2 aliphatic heterocycles. The number of nitrogens with one attached hydrogen (secondary N) is 1. The molecule has 2 aliphatic rings. The van der Waals surface area contributed by atoms with Crippen LogP contribution >= 0.6 is 0 Å². The Hall–Kier alpha value is -3.89. The van der Waals surface area contributed by atoms with Crippen LogP contribution in [0.15, 0.2) is 54.6 Å². The zero-order valence-corrected chi connectivity index (χ0v) is 20.5. The zero-order valence-electron chi connectivity index (χ0n) is 20.5. The van der Waals surface area contributed by atoms with E-state index in [-0.39, 0.29) is 23.3 Å². The lowest BCUT2D eigenvalue weighted by Crippen LogP contribution is -2.43.